The van der Waals surface area contributed by atoms with Crippen LogP contribution in [0.3, 0.4) is 0 Å². The van der Waals surface area contributed by atoms with Gasteiger partial charge in [0.25, 0.3) is 0 Å². The van der Waals surface area contributed by atoms with Gasteiger partial charge >= 0.3 is 5.69 Å². The third-order valence-electron chi connectivity index (χ3n) is 5.56. The molecule has 2 heterocycles. The standard InChI is InChI=1S/C22H23N5O2/c1-24-19-4-2-3-5-20(19)27(22(24)29)16-21(28)26-12-10-25(11-13-26)15-18-8-6-17(14-23)7-9-18/h2-9H,10-13,15-16H2,1H3. The van der Waals surface area contributed by atoms with Crippen LogP contribution in [-0.2, 0) is 24.9 Å². The van der Waals surface area contributed by atoms with Crippen LogP contribution in [0.4, 0.5) is 0 Å². The predicted molar refractivity (Wildman–Crippen MR) is 110 cm³/mol. The van der Waals surface area contributed by atoms with Gasteiger partial charge in [0, 0.05) is 39.8 Å². The maximum atomic E-state index is 12.8. The van der Waals surface area contributed by atoms with Crippen LogP contribution in [0.5, 0.6) is 0 Å². The van der Waals surface area contributed by atoms with Crippen LogP contribution >= 0.6 is 0 Å². The highest BCUT2D eigenvalue weighted by atomic mass is 16.2. The molecule has 2 aromatic carbocycles. The Balaban J connectivity index is 1.38. The van der Waals surface area contributed by atoms with Crippen molar-refractivity contribution in [2.75, 3.05) is 26.2 Å². The number of carbonyl (C=O) groups is 1. The molecule has 0 spiro atoms. The van der Waals surface area contributed by atoms with Crippen molar-refractivity contribution < 1.29 is 4.79 Å². The topological polar surface area (TPSA) is 74.3 Å². The van der Waals surface area contributed by atoms with E-state index in [9.17, 15) is 9.59 Å². The molecule has 1 aliphatic rings. The van der Waals surface area contributed by atoms with Crippen LogP contribution in [0.1, 0.15) is 11.1 Å². The Morgan fingerprint density at radius 1 is 1.00 bits per heavy atom. The lowest BCUT2D eigenvalue weighted by molar-refractivity contribution is -0.133. The molecule has 0 aliphatic carbocycles. The molecule has 1 saturated heterocycles. The number of hydrogen-bond donors (Lipinski definition) is 0. The van der Waals surface area contributed by atoms with Gasteiger partial charge in [-0.15, -0.1) is 0 Å². The van der Waals surface area contributed by atoms with E-state index in [4.69, 9.17) is 5.26 Å². The maximum absolute atomic E-state index is 12.8. The molecule has 7 nitrogen and oxygen atoms in total. The van der Waals surface area contributed by atoms with Gasteiger partial charge in [-0.05, 0) is 29.8 Å². The van der Waals surface area contributed by atoms with Gasteiger partial charge in [0.05, 0.1) is 22.7 Å². The Morgan fingerprint density at radius 3 is 2.31 bits per heavy atom. The molecule has 4 rings (SSSR count). The molecular weight excluding hydrogens is 366 g/mol. The molecule has 1 fully saturated rings. The van der Waals surface area contributed by atoms with E-state index >= 15 is 0 Å². The van der Waals surface area contributed by atoms with Crippen molar-refractivity contribution in [1.29, 1.82) is 5.26 Å². The number of amides is 1. The molecule has 0 saturated carbocycles. The van der Waals surface area contributed by atoms with Crippen LogP contribution in [0.25, 0.3) is 11.0 Å². The summed E-state index contributed by atoms with van der Waals surface area (Å²) in [5.41, 5.74) is 3.27. The fourth-order valence-corrected chi connectivity index (χ4v) is 3.85. The molecule has 7 heteroatoms. The summed E-state index contributed by atoms with van der Waals surface area (Å²) in [7, 11) is 1.73. The number of fused-ring (bicyclic) bond motifs is 1. The molecule has 0 unspecified atom stereocenters. The fourth-order valence-electron chi connectivity index (χ4n) is 3.85. The van der Waals surface area contributed by atoms with Crippen molar-refractivity contribution in [3.8, 4) is 6.07 Å². The lowest BCUT2D eigenvalue weighted by Crippen LogP contribution is -2.49. The second-order valence-electron chi connectivity index (χ2n) is 7.38. The molecule has 0 N–H and O–H groups in total. The van der Waals surface area contributed by atoms with Gasteiger partial charge in [0.2, 0.25) is 5.91 Å². The fraction of sp³-hybridized carbons (Fsp3) is 0.318. The van der Waals surface area contributed by atoms with Gasteiger partial charge < -0.3 is 4.90 Å². The van der Waals surface area contributed by atoms with Gasteiger partial charge in [0.15, 0.2) is 0 Å². The van der Waals surface area contributed by atoms with Gasteiger partial charge in [-0.2, -0.15) is 5.26 Å². The lowest BCUT2D eigenvalue weighted by atomic mass is 10.1. The van der Waals surface area contributed by atoms with Crippen molar-refractivity contribution in [2.24, 2.45) is 7.05 Å². The average molecular weight is 389 g/mol. The Morgan fingerprint density at radius 2 is 1.66 bits per heavy atom. The van der Waals surface area contributed by atoms with E-state index < -0.39 is 0 Å². The van der Waals surface area contributed by atoms with Crippen LogP contribution in [0, 0.1) is 11.3 Å². The van der Waals surface area contributed by atoms with E-state index in [-0.39, 0.29) is 18.1 Å². The summed E-state index contributed by atoms with van der Waals surface area (Å²) in [4.78, 5) is 29.5. The van der Waals surface area contributed by atoms with Gasteiger partial charge in [-0.25, -0.2) is 4.79 Å². The zero-order chi connectivity index (χ0) is 20.4. The first kappa shape index (κ1) is 19.0. The molecule has 1 amide bonds. The molecular formula is C22H23N5O2. The first-order valence-electron chi connectivity index (χ1n) is 9.70. The van der Waals surface area contributed by atoms with E-state index in [0.29, 0.717) is 18.7 Å². The number of benzene rings is 2. The van der Waals surface area contributed by atoms with E-state index in [2.05, 4.69) is 11.0 Å². The second kappa shape index (κ2) is 7.94. The highest BCUT2D eigenvalue weighted by Gasteiger charge is 2.23. The van der Waals surface area contributed by atoms with Crippen LogP contribution in [0.2, 0.25) is 0 Å². The molecule has 0 radical (unpaired) electrons. The quantitative estimate of drug-likeness (QED) is 0.679. The van der Waals surface area contributed by atoms with Crippen LogP contribution < -0.4 is 5.69 Å². The minimum atomic E-state index is -0.168. The molecule has 0 atom stereocenters. The number of imidazole rings is 1. The predicted octanol–water partition coefficient (Wildman–Crippen LogP) is 1.56. The minimum absolute atomic E-state index is 0.0264. The highest BCUT2D eigenvalue weighted by Crippen LogP contribution is 2.13. The molecule has 148 valence electrons. The van der Waals surface area contributed by atoms with Crippen molar-refractivity contribution in [2.45, 2.75) is 13.1 Å². The van der Waals surface area contributed by atoms with E-state index in [0.717, 1.165) is 36.2 Å². The summed E-state index contributed by atoms with van der Waals surface area (Å²) in [6.07, 6.45) is 0. The lowest BCUT2D eigenvalue weighted by Gasteiger charge is -2.34. The minimum Gasteiger partial charge on any atom is -0.339 e. The number of rotatable bonds is 4. The van der Waals surface area contributed by atoms with Crippen molar-refractivity contribution in [3.63, 3.8) is 0 Å². The summed E-state index contributed by atoms with van der Waals surface area (Å²) in [6.45, 7) is 3.74. The number of aryl methyl sites for hydroxylation is 1. The first-order valence-corrected chi connectivity index (χ1v) is 9.70. The number of carbonyl (C=O) groups excluding carboxylic acids is 1. The number of hydrogen-bond acceptors (Lipinski definition) is 4. The van der Waals surface area contributed by atoms with Crippen LogP contribution in [0.15, 0.2) is 53.3 Å². The summed E-state index contributed by atoms with van der Waals surface area (Å²) >= 11 is 0. The van der Waals surface area contributed by atoms with Gasteiger partial charge in [-0.1, -0.05) is 24.3 Å². The summed E-state index contributed by atoms with van der Waals surface area (Å²) in [5.74, 6) is -0.0264. The Kier molecular flexibility index (Phi) is 5.19. The molecule has 1 aromatic heterocycles. The SMILES string of the molecule is Cn1c(=O)n(CC(=O)N2CCN(Cc3ccc(C#N)cc3)CC2)c2ccccc21. The highest BCUT2D eigenvalue weighted by molar-refractivity contribution is 5.81. The van der Waals surface area contributed by atoms with Crippen molar-refractivity contribution in [1.82, 2.24) is 18.9 Å². The second-order valence-corrected chi connectivity index (χ2v) is 7.38. The van der Waals surface area contributed by atoms with Crippen molar-refractivity contribution >= 4 is 16.9 Å². The number of nitriles is 1. The monoisotopic (exact) mass is 389 g/mol. The number of aromatic nitrogens is 2. The van der Waals surface area contributed by atoms with Gasteiger partial charge in [-0.3, -0.25) is 18.8 Å². The van der Waals surface area contributed by atoms with E-state index in [1.165, 1.54) is 0 Å². The summed E-state index contributed by atoms with van der Waals surface area (Å²) < 4.78 is 3.14. The molecule has 29 heavy (non-hydrogen) atoms. The maximum Gasteiger partial charge on any atom is 0.329 e. The zero-order valence-corrected chi connectivity index (χ0v) is 16.4. The molecule has 1 aliphatic heterocycles. The molecule has 3 aromatic rings. The third-order valence-corrected chi connectivity index (χ3v) is 5.56. The summed E-state index contributed by atoms with van der Waals surface area (Å²) in [5, 5.41) is 8.89. The number of para-hydroxylation sites is 2. The Hall–Kier alpha value is -3.37. The van der Waals surface area contributed by atoms with Gasteiger partial charge in [0.1, 0.15) is 6.54 Å². The average Bonchev–Trinajstić information content (AvgIpc) is 3.00. The van der Waals surface area contributed by atoms with Crippen LogP contribution in [-0.4, -0.2) is 51.0 Å². The Bertz CT molecular complexity index is 1130. The zero-order valence-electron chi connectivity index (χ0n) is 16.4. The first-order chi connectivity index (χ1) is 14.1. The number of nitrogens with zero attached hydrogens (tertiary/aromatic N) is 5. The summed E-state index contributed by atoms with van der Waals surface area (Å²) in [6, 6.07) is 17.3. The largest absolute Gasteiger partial charge is 0.339 e. The van der Waals surface area contributed by atoms with Crippen molar-refractivity contribution in [3.05, 3.63) is 70.1 Å². The Labute approximate surface area is 169 Å². The smallest absolute Gasteiger partial charge is 0.329 e. The van der Waals surface area contributed by atoms with E-state index in [1.807, 2.05) is 53.4 Å². The van der Waals surface area contributed by atoms with E-state index in [1.54, 1.807) is 16.2 Å². The third kappa shape index (κ3) is 3.80. The number of piperazine rings is 1. The normalized spacial score (nSPS) is 14.8. The molecule has 0 bridgehead atoms.